The van der Waals surface area contributed by atoms with Gasteiger partial charge in [-0.3, -0.25) is 19.8 Å². The van der Waals surface area contributed by atoms with Gasteiger partial charge in [0, 0.05) is 0 Å². The van der Waals surface area contributed by atoms with Gasteiger partial charge in [0.1, 0.15) is 26.7 Å². The molecule has 72 valence electrons. The minimum Gasteiger partial charge on any atom is -0.317 e. The van der Waals surface area contributed by atoms with Gasteiger partial charge in [-0.2, -0.15) is 0 Å². The molecule has 0 radical (unpaired) electrons. The molecule has 0 aromatic carbocycles. The first-order chi connectivity index (χ1) is 6.93. The Kier molecular flexibility index (Phi) is 0.967. The molecule has 0 fully saturated rings. The molecule has 6 nitrogen and oxygen atoms in total. The lowest BCUT2D eigenvalue weighted by Gasteiger charge is -2.33. The van der Waals surface area contributed by atoms with E-state index in [1.807, 2.05) is 12.7 Å². The van der Waals surface area contributed by atoms with Crippen molar-refractivity contribution < 1.29 is 0 Å². The lowest BCUT2D eigenvalue weighted by atomic mass is 10.5. The van der Waals surface area contributed by atoms with E-state index in [0.29, 0.717) is 0 Å². The quantitative estimate of drug-likeness (QED) is 0.504. The summed E-state index contributed by atoms with van der Waals surface area (Å²) in [5, 5.41) is 0. The maximum Gasteiger partial charge on any atom is 0.156 e. The molecule has 14 heavy (non-hydrogen) atoms. The molecule has 0 aromatic heterocycles. The molecule has 0 bridgehead atoms. The molecule has 4 heterocycles. The van der Waals surface area contributed by atoms with E-state index in [9.17, 15) is 0 Å². The molecule has 0 saturated carbocycles. The van der Waals surface area contributed by atoms with Crippen LogP contribution in [0.1, 0.15) is 0 Å². The molecule has 0 aromatic rings. The van der Waals surface area contributed by atoms with Crippen LogP contribution < -0.4 is 0 Å². The Morgan fingerprint density at radius 2 is 1.36 bits per heavy atom. The summed E-state index contributed by atoms with van der Waals surface area (Å²) in [6.45, 7) is 3.32. The second kappa shape index (κ2) is 2.02. The lowest BCUT2D eigenvalue weighted by Crippen LogP contribution is -2.43. The largest absolute Gasteiger partial charge is 0.317 e. The summed E-state index contributed by atoms with van der Waals surface area (Å²) in [5.74, 6) is 2.59. The van der Waals surface area contributed by atoms with E-state index >= 15 is 0 Å². The van der Waals surface area contributed by atoms with Gasteiger partial charge in [-0.15, -0.1) is 0 Å². The third-order valence-electron chi connectivity index (χ3n) is 2.94. The normalized spacial score (nSPS) is 26.9. The van der Waals surface area contributed by atoms with Crippen LogP contribution in [0.3, 0.4) is 0 Å². The highest BCUT2D eigenvalue weighted by atomic mass is 15.6. The number of aliphatic imine (C=N–C) groups is 2. The monoisotopic (exact) mass is 190 g/mol. The Morgan fingerprint density at radius 1 is 0.857 bits per heavy atom. The molecule has 4 aliphatic rings. The van der Waals surface area contributed by atoms with Crippen LogP contribution >= 0.6 is 0 Å². The Labute approximate surface area is 81.4 Å². The molecule has 0 atom stereocenters. The second-order valence-corrected chi connectivity index (χ2v) is 3.83. The summed E-state index contributed by atoms with van der Waals surface area (Å²) in [6, 6.07) is 0. The zero-order chi connectivity index (χ0) is 9.12. The second-order valence-electron chi connectivity index (χ2n) is 3.83. The van der Waals surface area contributed by atoms with Crippen LogP contribution in [0.5, 0.6) is 0 Å². The minimum absolute atomic E-state index is 0.771. The van der Waals surface area contributed by atoms with Crippen molar-refractivity contribution in [2.45, 2.75) is 0 Å². The van der Waals surface area contributed by atoms with Crippen LogP contribution in [-0.4, -0.2) is 59.0 Å². The van der Waals surface area contributed by atoms with Gasteiger partial charge >= 0.3 is 0 Å². The molecule has 0 spiro atoms. The summed E-state index contributed by atoms with van der Waals surface area (Å²) >= 11 is 0. The van der Waals surface area contributed by atoms with Gasteiger partial charge in [0.2, 0.25) is 0 Å². The van der Waals surface area contributed by atoms with Gasteiger partial charge in [0.25, 0.3) is 0 Å². The number of nitrogens with zero attached hydrogens (tertiary/aromatic N) is 6. The molecule has 6 heteroatoms. The fourth-order valence-corrected chi connectivity index (χ4v) is 2.41. The SMILES string of the molecule is C1=NCN2CN3C=NCN4CN1C2=C34. The lowest BCUT2D eigenvalue weighted by molar-refractivity contribution is 0.178. The van der Waals surface area contributed by atoms with Crippen molar-refractivity contribution in [3.05, 3.63) is 11.6 Å². The molecular weight excluding hydrogens is 180 g/mol. The predicted molar refractivity (Wildman–Crippen MR) is 50.8 cm³/mol. The zero-order valence-electron chi connectivity index (χ0n) is 7.67. The number of hydrogen-bond donors (Lipinski definition) is 0. The van der Waals surface area contributed by atoms with Crippen molar-refractivity contribution in [3.8, 4) is 0 Å². The van der Waals surface area contributed by atoms with E-state index in [1.165, 1.54) is 11.6 Å². The standard InChI is InChI=1S/C8H10N6/c1-9-2-12-6-14-4-10-3-13-5-11(1)7(12)8(13)14/h1,4H,2-3,5-6H2. The molecule has 4 rings (SSSR count). The van der Waals surface area contributed by atoms with Crippen molar-refractivity contribution >= 4 is 12.7 Å². The molecule has 0 aliphatic carbocycles. The first-order valence-electron chi connectivity index (χ1n) is 4.71. The van der Waals surface area contributed by atoms with E-state index < -0.39 is 0 Å². The predicted octanol–water partition coefficient (Wildman–Crippen LogP) is -0.738. The molecule has 4 aliphatic heterocycles. The third kappa shape index (κ3) is 0.604. The highest BCUT2D eigenvalue weighted by Crippen LogP contribution is 2.35. The zero-order valence-corrected chi connectivity index (χ0v) is 7.67. The fraction of sp³-hybridized carbons (Fsp3) is 0.500. The average Bonchev–Trinajstić information content (AvgIpc) is 2.74. The molecule has 0 unspecified atom stereocenters. The van der Waals surface area contributed by atoms with Crippen molar-refractivity contribution in [1.29, 1.82) is 0 Å². The third-order valence-corrected chi connectivity index (χ3v) is 2.94. The minimum atomic E-state index is 0.771. The summed E-state index contributed by atoms with van der Waals surface area (Å²) in [7, 11) is 0. The van der Waals surface area contributed by atoms with Crippen molar-refractivity contribution in [3.63, 3.8) is 0 Å². The molecule has 0 saturated heterocycles. The first-order valence-corrected chi connectivity index (χ1v) is 4.71. The maximum absolute atomic E-state index is 4.32. The van der Waals surface area contributed by atoms with E-state index in [4.69, 9.17) is 0 Å². The topological polar surface area (TPSA) is 37.7 Å². The van der Waals surface area contributed by atoms with Crippen LogP contribution in [0.2, 0.25) is 0 Å². The maximum atomic E-state index is 4.32. The highest BCUT2D eigenvalue weighted by molar-refractivity contribution is 5.66. The Morgan fingerprint density at radius 3 is 1.86 bits per heavy atom. The summed E-state index contributed by atoms with van der Waals surface area (Å²) < 4.78 is 0. The van der Waals surface area contributed by atoms with Crippen molar-refractivity contribution in [2.24, 2.45) is 9.98 Å². The summed E-state index contributed by atoms with van der Waals surface area (Å²) in [4.78, 5) is 17.6. The van der Waals surface area contributed by atoms with Gasteiger partial charge in [-0.05, 0) is 0 Å². The van der Waals surface area contributed by atoms with E-state index in [2.05, 4.69) is 29.6 Å². The van der Waals surface area contributed by atoms with Gasteiger partial charge in [-0.1, -0.05) is 0 Å². The van der Waals surface area contributed by atoms with Gasteiger partial charge < -0.3 is 9.80 Å². The average molecular weight is 190 g/mol. The molecular formula is C8H10N6. The smallest absolute Gasteiger partial charge is 0.156 e. The summed E-state index contributed by atoms with van der Waals surface area (Å²) in [6.07, 6.45) is 3.86. The van der Waals surface area contributed by atoms with Crippen LogP contribution in [0.15, 0.2) is 21.6 Å². The van der Waals surface area contributed by atoms with Crippen LogP contribution in [0.25, 0.3) is 0 Å². The van der Waals surface area contributed by atoms with E-state index in [1.54, 1.807) is 0 Å². The Balaban J connectivity index is 1.90. The van der Waals surface area contributed by atoms with E-state index in [0.717, 1.165) is 26.7 Å². The number of rotatable bonds is 0. The molecule has 0 N–H and O–H groups in total. The van der Waals surface area contributed by atoms with Crippen molar-refractivity contribution in [1.82, 2.24) is 19.6 Å². The van der Waals surface area contributed by atoms with E-state index in [-0.39, 0.29) is 0 Å². The van der Waals surface area contributed by atoms with Crippen molar-refractivity contribution in [2.75, 3.05) is 26.7 Å². The van der Waals surface area contributed by atoms with Gasteiger partial charge in [0.05, 0.1) is 12.7 Å². The fourth-order valence-electron chi connectivity index (χ4n) is 2.41. The van der Waals surface area contributed by atoms with Crippen LogP contribution in [0.4, 0.5) is 0 Å². The highest BCUT2D eigenvalue weighted by Gasteiger charge is 2.42. The van der Waals surface area contributed by atoms with Crippen LogP contribution in [-0.2, 0) is 0 Å². The Hall–Kier alpha value is -1.72. The molecule has 0 amide bonds. The number of hydrogen-bond acceptors (Lipinski definition) is 6. The first kappa shape index (κ1) is 6.69. The Bertz CT molecular complexity index is 347. The van der Waals surface area contributed by atoms with Gasteiger partial charge in [0.15, 0.2) is 11.6 Å². The van der Waals surface area contributed by atoms with Gasteiger partial charge in [-0.25, -0.2) is 0 Å². The van der Waals surface area contributed by atoms with Crippen LogP contribution in [0, 0.1) is 0 Å². The summed E-state index contributed by atoms with van der Waals surface area (Å²) in [5.41, 5.74) is 0.